The highest BCUT2D eigenvalue weighted by Crippen LogP contribution is 2.25. The zero-order valence-electron chi connectivity index (χ0n) is 9.19. The van der Waals surface area contributed by atoms with Crippen molar-refractivity contribution in [3.63, 3.8) is 0 Å². The Hall–Kier alpha value is -1.29. The SMILES string of the molecule is O=C(/C=C\c1cccs1)Nc1ccc(Cl)c(Cl)c1. The van der Waals surface area contributed by atoms with Crippen LogP contribution in [-0.2, 0) is 4.79 Å². The first-order chi connectivity index (χ1) is 8.65. The fourth-order valence-corrected chi connectivity index (χ4v) is 2.22. The number of rotatable bonds is 3. The quantitative estimate of drug-likeness (QED) is 0.817. The number of nitrogens with one attached hydrogen (secondary N) is 1. The van der Waals surface area contributed by atoms with Crippen LogP contribution in [-0.4, -0.2) is 5.91 Å². The molecule has 0 spiro atoms. The minimum absolute atomic E-state index is 0.207. The van der Waals surface area contributed by atoms with Crippen molar-refractivity contribution < 1.29 is 4.79 Å². The van der Waals surface area contributed by atoms with Gasteiger partial charge in [0, 0.05) is 16.6 Å². The van der Waals surface area contributed by atoms with Gasteiger partial charge in [-0.2, -0.15) is 0 Å². The van der Waals surface area contributed by atoms with Crippen molar-refractivity contribution in [3.8, 4) is 0 Å². The largest absolute Gasteiger partial charge is 0.322 e. The van der Waals surface area contributed by atoms with Crippen molar-refractivity contribution in [1.82, 2.24) is 0 Å². The lowest BCUT2D eigenvalue weighted by Gasteiger charge is -2.03. The Kier molecular flexibility index (Phi) is 4.42. The van der Waals surface area contributed by atoms with Crippen LogP contribution in [0.25, 0.3) is 6.08 Å². The number of carbonyl (C=O) groups excluding carboxylic acids is 1. The lowest BCUT2D eigenvalue weighted by molar-refractivity contribution is -0.111. The molecule has 18 heavy (non-hydrogen) atoms. The van der Waals surface area contributed by atoms with E-state index in [4.69, 9.17) is 23.2 Å². The average molecular weight is 298 g/mol. The number of anilines is 1. The van der Waals surface area contributed by atoms with Crippen LogP contribution in [0.2, 0.25) is 10.0 Å². The third-order valence-corrected chi connectivity index (χ3v) is 3.71. The van der Waals surface area contributed by atoms with Crippen molar-refractivity contribution >= 4 is 52.2 Å². The lowest BCUT2D eigenvalue weighted by atomic mass is 10.3. The standard InChI is InChI=1S/C13H9Cl2NOS/c14-11-5-3-9(8-12(11)15)16-13(17)6-4-10-2-1-7-18-10/h1-8H,(H,16,17)/b6-4-. The monoisotopic (exact) mass is 297 g/mol. The molecule has 1 heterocycles. The van der Waals surface area contributed by atoms with Crippen molar-refractivity contribution in [2.45, 2.75) is 0 Å². The molecule has 0 atom stereocenters. The Morgan fingerprint density at radius 2 is 2.06 bits per heavy atom. The molecule has 2 rings (SSSR count). The van der Waals surface area contributed by atoms with E-state index in [-0.39, 0.29) is 5.91 Å². The maximum Gasteiger partial charge on any atom is 0.248 e. The first-order valence-corrected chi connectivity index (χ1v) is 6.76. The highest BCUT2D eigenvalue weighted by atomic mass is 35.5. The second kappa shape index (κ2) is 6.05. The van der Waals surface area contributed by atoms with E-state index in [9.17, 15) is 4.79 Å². The Morgan fingerprint density at radius 1 is 1.22 bits per heavy atom. The molecule has 1 aromatic carbocycles. The second-order valence-electron chi connectivity index (χ2n) is 3.47. The summed E-state index contributed by atoms with van der Waals surface area (Å²) in [7, 11) is 0. The summed E-state index contributed by atoms with van der Waals surface area (Å²) >= 11 is 13.2. The number of carbonyl (C=O) groups is 1. The van der Waals surface area contributed by atoms with E-state index in [1.165, 1.54) is 6.08 Å². The van der Waals surface area contributed by atoms with Gasteiger partial charge < -0.3 is 5.32 Å². The van der Waals surface area contributed by atoms with Crippen LogP contribution in [0.1, 0.15) is 4.88 Å². The van der Waals surface area contributed by atoms with E-state index in [1.54, 1.807) is 35.6 Å². The molecule has 5 heteroatoms. The van der Waals surface area contributed by atoms with Gasteiger partial charge in [-0.05, 0) is 35.7 Å². The van der Waals surface area contributed by atoms with E-state index in [2.05, 4.69) is 5.32 Å². The van der Waals surface area contributed by atoms with Crippen LogP contribution in [0.3, 0.4) is 0 Å². The number of hydrogen-bond acceptors (Lipinski definition) is 2. The van der Waals surface area contributed by atoms with Crippen LogP contribution >= 0.6 is 34.5 Å². The topological polar surface area (TPSA) is 29.1 Å². The summed E-state index contributed by atoms with van der Waals surface area (Å²) in [4.78, 5) is 12.7. The first-order valence-electron chi connectivity index (χ1n) is 5.13. The molecule has 1 aromatic heterocycles. The molecule has 2 aromatic rings. The maximum atomic E-state index is 11.6. The normalized spacial score (nSPS) is 10.8. The summed E-state index contributed by atoms with van der Waals surface area (Å²) in [5, 5.41) is 5.54. The Balaban J connectivity index is 2.01. The van der Waals surface area contributed by atoms with E-state index in [0.29, 0.717) is 15.7 Å². The Bertz CT molecular complexity index is 579. The molecule has 1 N–H and O–H groups in total. The molecule has 0 bridgehead atoms. The summed E-state index contributed by atoms with van der Waals surface area (Å²) in [6, 6.07) is 8.82. The van der Waals surface area contributed by atoms with Crippen molar-refractivity contribution in [1.29, 1.82) is 0 Å². The molecule has 92 valence electrons. The van der Waals surface area contributed by atoms with E-state index in [0.717, 1.165) is 4.88 Å². The minimum atomic E-state index is -0.207. The maximum absolute atomic E-state index is 11.6. The van der Waals surface area contributed by atoms with Crippen LogP contribution in [0, 0.1) is 0 Å². The van der Waals surface area contributed by atoms with Crippen LogP contribution in [0.15, 0.2) is 41.8 Å². The predicted octanol–water partition coefficient (Wildman–Crippen LogP) is 4.71. The summed E-state index contributed by atoms with van der Waals surface area (Å²) in [6.45, 7) is 0. The van der Waals surface area contributed by atoms with Gasteiger partial charge in [0.15, 0.2) is 0 Å². The number of halogens is 2. The Morgan fingerprint density at radius 3 is 2.72 bits per heavy atom. The van der Waals surface area contributed by atoms with Crippen molar-refractivity contribution in [2.24, 2.45) is 0 Å². The molecule has 0 fully saturated rings. The Labute approximate surface area is 119 Å². The molecule has 0 saturated heterocycles. The molecular weight excluding hydrogens is 289 g/mol. The fraction of sp³-hybridized carbons (Fsp3) is 0. The molecule has 1 amide bonds. The average Bonchev–Trinajstić information content (AvgIpc) is 2.84. The van der Waals surface area contributed by atoms with Crippen LogP contribution in [0.5, 0.6) is 0 Å². The molecule has 0 aliphatic rings. The number of amides is 1. The van der Waals surface area contributed by atoms with Gasteiger partial charge in [0.1, 0.15) is 0 Å². The molecule has 0 radical (unpaired) electrons. The molecule has 2 nitrogen and oxygen atoms in total. The summed E-state index contributed by atoms with van der Waals surface area (Å²) < 4.78 is 0. The fourth-order valence-electron chi connectivity index (χ4n) is 1.30. The van der Waals surface area contributed by atoms with Gasteiger partial charge in [-0.1, -0.05) is 29.3 Å². The highest BCUT2D eigenvalue weighted by Gasteiger charge is 2.01. The second-order valence-corrected chi connectivity index (χ2v) is 5.26. The van der Waals surface area contributed by atoms with Crippen LogP contribution < -0.4 is 5.32 Å². The molecular formula is C13H9Cl2NOS. The van der Waals surface area contributed by atoms with Crippen molar-refractivity contribution in [3.05, 3.63) is 56.7 Å². The van der Waals surface area contributed by atoms with Gasteiger partial charge >= 0.3 is 0 Å². The lowest BCUT2D eigenvalue weighted by Crippen LogP contribution is -2.07. The smallest absolute Gasteiger partial charge is 0.248 e. The van der Waals surface area contributed by atoms with Gasteiger partial charge in [0.05, 0.1) is 10.0 Å². The zero-order chi connectivity index (χ0) is 13.0. The molecule has 0 saturated carbocycles. The molecule has 0 aliphatic heterocycles. The van der Waals surface area contributed by atoms with Gasteiger partial charge in [-0.15, -0.1) is 11.3 Å². The predicted molar refractivity (Wildman–Crippen MR) is 78.4 cm³/mol. The number of thiophene rings is 1. The molecule has 0 unspecified atom stereocenters. The van der Waals surface area contributed by atoms with E-state index >= 15 is 0 Å². The summed E-state index contributed by atoms with van der Waals surface area (Å²) in [5.74, 6) is -0.207. The highest BCUT2D eigenvalue weighted by molar-refractivity contribution is 7.10. The third kappa shape index (κ3) is 3.60. The van der Waals surface area contributed by atoms with Crippen molar-refractivity contribution in [2.75, 3.05) is 5.32 Å². The number of hydrogen-bond donors (Lipinski definition) is 1. The van der Waals surface area contributed by atoms with Gasteiger partial charge in [-0.3, -0.25) is 4.79 Å². The summed E-state index contributed by atoms with van der Waals surface area (Å²) in [6.07, 6.45) is 3.24. The zero-order valence-corrected chi connectivity index (χ0v) is 11.5. The number of benzene rings is 1. The summed E-state index contributed by atoms with van der Waals surface area (Å²) in [5.41, 5.74) is 0.616. The first kappa shape index (κ1) is 13.1. The van der Waals surface area contributed by atoms with Gasteiger partial charge in [-0.25, -0.2) is 0 Å². The molecule has 0 aliphatic carbocycles. The van der Waals surface area contributed by atoms with Gasteiger partial charge in [0.25, 0.3) is 0 Å². The van der Waals surface area contributed by atoms with Crippen LogP contribution in [0.4, 0.5) is 5.69 Å². The minimum Gasteiger partial charge on any atom is -0.322 e. The van der Waals surface area contributed by atoms with E-state index < -0.39 is 0 Å². The van der Waals surface area contributed by atoms with E-state index in [1.807, 2.05) is 17.5 Å². The third-order valence-electron chi connectivity index (χ3n) is 2.13. The van der Waals surface area contributed by atoms with Gasteiger partial charge in [0.2, 0.25) is 5.91 Å².